The van der Waals surface area contributed by atoms with E-state index in [9.17, 15) is 10.1 Å². The summed E-state index contributed by atoms with van der Waals surface area (Å²) >= 11 is 0. The maximum absolute atomic E-state index is 11.3. The van der Waals surface area contributed by atoms with Crippen LogP contribution in [0.1, 0.15) is 24.8 Å². The molecule has 1 aromatic rings. The first kappa shape index (κ1) is 13.4. The molecule has 2 fully saturated rings. The smallest absolute Gasteiger partial charge is 0.292 e. The zero-order valence-corrected chi connectivity index (χ0v) is 11.9. The Morgan fingerprint density at radius 2 is 2.10 bits per heavy atom. The topological polar surface area (TPSA) is 49.6 Å². The minimum absolute atomic E-state index is 0.245. The van der Waals surface area contributed by atoms with Gasteiger partial charge in [0.15, 0.2) is 0 Å². The molecule has 0 amide bonds. The highest BCUT2D eigenvalue weighted by molar-refractivity contribution is 5.68. The van der Waals surface area contributed by atoms with Crippen molar-refractivity contribution in [1.29, 1.82) is 0 Å². The van der Waals surface area contributed by atoms with Crippen molar-refractivity contribution in [2.45, 2.75) is 32.2 Å². The summed E-state index contributed by atoms with van der Waals surface area (Å²) in [6, 6.07) is 5.93. The molecule has 0 aromatic heterocycles. The van der Waals surface area contributed by atoms with Gasteiger partial charge in [-0.3, -0.25) is 15.0 Å². The molecular formula is C15H21N3O2. The Kier molecular flexibility index (Phi) is 3.61. The molecule has 0 saturated carbocycles. The van der Waals surface area contributed by atoms with E-state index in [2.05, 4.69) is 9.80 Å². The van der Waals surface area contributed by atoms with E-state index < -0.39 is 0 Å². The standard InChI is InChI=1S/C15H21N3O2/c1-12-5-4-7-14(18(19)20)15(12)17-10-9-16-8-3-2-6-13(16)11-17/h4-5,7,13H,2-3,6,8-11H2,1H3. The Bertz CT molecular complexity index is 518. The number of aryl methyl sites for hydroxylation is 1. The monoisotopic (exact) mass is 275 g/mol. The third kappa shape index (κ3) is 2.38. The SMILES string of the molecule is Cc1cccc([N+](=O)[O-])c1N1CCN2CCCCC2C1. The second-order valence-electron chi connectivity index (χ2n) is 5.83. The number of nitro benzene ring substituents is 1. The van der Waals surface area contributed by atoms with Crippen LogP contribution in [-0.4, -0.2) is 42.0 Å². The van der Waals surface area contributed by atoms with Crippen LogP contribution in [0.5, 0.6) is 0 Å². The molecule has 0 spiro atoms. The second-order valence-corrected chi connectivity index (χ2v) is 5.83. The fourth-order valence-corrected chi connectivity index (χ4v) is 3.56. The van der Waals surface area contributed by atoms with Crippen molar-refractivity contribution in [3.63, 3.8) is 0 Å². The van der Waals surface area contributed by atoms with E-state index >= 15 is 0 Å². The first-order chi connectivity index (χ1) is 9.66. The number of piperazine rings is 1. The largest absolute Gasteiger partial charge is 0.363 e. The van der Waals surface area contributed by atoms with E-state index in [1.54, 1.807) is 12.1 Å². The van der Waals surface area contributed by atoms with Crippen LogP contribution < -0.4 is 4.90 Å². The number of rotatable bonds is 2. The Morgan fingerprint density at radius 1 is 1.25 bits per heavy atom. The molecule has 0 aliphatic carbocycles. The molecule has 20 heavy (non-hydrogen) atoms. The molecule has 3 rings (SSSR count). The molecule has 2 heterocycles. The lowest BCUT2D eigenvalue weighted by atomic mass is 9.98. The van der Waals surface area contributed by atoms with Crippen molar-refractivity contribution < 1.29 is 4.92 Å². The molecule has 0 bridgehead atoms. The number of anilines is 1. The van der Waals surface area contributed by atoms with Gasteiger partial charge >= 0.3 is 0 Å². The summed E-state index contributed by atoms with van der Waals surface area (Å²) in [5.41, 5.74) is 2.07. The van der Waals surface area contributed by atoms with Gasteiger partial charge in [-0.25, -0.2) is 0 Å². The van der Waals surface area contributed by atoms with Gasteiger partial charge in [-0.1, -0.05) is 18.6 Å². The zero-order valence-electron chi connectivity index (χ0n) is 11.9. The molecule has 1 atom stereocenters. The summed E-state index contributed by atoms with van der Waals surface area (Å²) in [5, 5.41) is 11.3. The summed E-state index contributed by atoms with van der Waals surface area (Å²) in [4.78, 5) is 15.8. The van der Waals surface area contributed by atoms with Gasteiger partial charge in [0.1, 0.15) is 5.69 Å². The van der Waals surface area contributed by atoms with Crippen molar-refractivity contribution in [1.82, 2.24) is 4.90 Å². The molecule has 2 aliphatic rings. The Labute approximate surface area is 119 Å². The van der Waals surface area contributed by atoms with Gasteiger partial charge in [0.25, 0.3) is 5.69 Å². The number of nitro groups is 1. The van der Waals surface area contributed by atoms with Crippen LogP contribution in [0.15, 0.2) is 18.2 Å². The highest BCUT2D eigenvalue weighted by atomic mass is 16.6. The first-order valence-electron chi connectivity index (χ1n) is 7.40. The molecule has 108 valence electrons. The quantitative estimate of drug-likeness (QED) is 0.615. The number of nitrogens with zero attached hydrogens (tertiary/aromatic N) is 3. The average molecular weight is 275 g/mol. The fourth-order valence-electron chi connectivity index (χ4n) is 3.56. The second kappa shape index (κ2) is 5.40. The van der Waals surface area contributed by atoms with Crippen molar-refractivity contribution >= 4 is 11.4 Å². The third-order valence-corrected chi connectivity index (χ3v) is 4.57. The van der Waals surface area contributed by atoms with E-state index in [0.717, 1.165) is 30.9 Å². The maximum atomic E-state index is 11.3. The van der Waals surface area contributed by atoms with Crippen LogP contribution in [-0.2, 0) is 0 Å². The molecule has 5 heteroatoms. The molecule has 0 N–H and O–H groups in total. The summed E-state index contributed by atoms with van der Waals surface area (Å²) in [6.07, 6.45) is 3.79. The number of benzene rings is 1. The Balaban J connectivity index is 1.88. The minimum Gasteiger partial charge on any atom is -0.363 e. The number of para-hydroxylation sites is 1. The molecule has 1 unspecified atom stereocenters. The van der Waals surface area contributed by atoms with Gasteiger partial charge < -0.3 is 4.90 Å². The maximum Gasteiger partial charge on any atom is 0.292 e. The lowest BCUT2D eigenvalue weighted by molar-refractivity contribution is -0.384. The zero-order chi connectivity index (χ0) is 14.1. The van der Waals surface area contributed by atoms with E-state index in [0.29, 0.717) is 6.04 Å². The molecule has 5 nitrogen and oxygen atoms in total. The fraction of sp³-hybridized carbons (Fsp3) is 0.600. The molecular weight excluding hydrogens is 254 g/mol. The Hall–Kier alpha value is -1.62. The van der Waals surface area contributed by atoms with Gasteiger partial charge in [-0.05, 0) is 31.9 Å². The minimum atomic E-state index is -0.254. The van der Waals surface area contributed by atoms with Gasteiger partial charge in [0, 0.05) is 31.7 Å². The molecule has 2 saturated heterocycles. The van der Waals surface area contributed by atoms with E-state index in [-0.39, 0.29) is 10.6 Å². The lowest BCUT2D eigenvalue weighted by Crippen LogP contribution is -2.55. The van der Waals surface area contributed by atoms with E-state index in [1.807, 2.05) is 13.0 Å². The van der Waals surface area contributed by atoms with Crippen molar-refractivity contribution in [3.8, 4) is 0 Å². The summed E-state index contributed by atoms with van der Waals surface area (Å²) in [6.45, 7) is 5.99. The number of fused-ring (bicyclic) bond motifs is 1. The van der Waals surface area contributed by atoms with Crippen LogP contribution >= 0.6 is 0 Å². The predicted octanol–water partition coefficient (Wildman–Crippen LogP) is 2.58. The van der Waals surface area contributed by atoms with Crippen LogP contribution in [0.2, 0.25) is 0 Å². The molecule has 0 radical (unpaired) electrons. The molecule has 1 aromatic carbocycles. The van der Waals surface area contributed by atoms with Crippen LogP contribution in [0.25, 0.3) is 0 Å². The third-order valence-electron chi connectivity index (χ3n) is 4.57. The summed E-state index contributed by atoms with van der Waals surface area (Å²) in [5.74, 6) is 0. The average Bonchev–Trinajstić information content (AvgIpc) is 2.46. The lowest BCUT2D eigenvalue weighted by Gasteiger charge is -2.45. The van der Waals surface area contributed by atoms with Crippen molar-refractivity contribution in [2.24, 2.45) is 0 Å². The van der Waals surface area contributed by atoms with Crippen LogP contribution in [0, 0.1) is 17.0 Å². The van der Waals surface area contributed by atoms with Crippen molar-refractivity contribution in [2.75, 3.05) is 31.1 Å². The van der Waals surface area contributed by atoms with Gasteiger partial charge in [-0.15, -0.1) is 0 Å². The van der Waals surface area contributed by atoms with E-state index in [1.165, 1.54) is 25.8 Å². The summed E-state index contributed by atoms with van der Waals surface area (Å²) < 4.78 is 0. The highest BCUT2D eigenvalue weighted by Gasteiger charge is 2.32. The van der Waals surface area contributed by atoms with Gasteiger partial charge in [-0.2, -0.15) is 0 Å². The van der Waals surface area contributed by atoms with E-state index in [4.69, 9.17) is 0 Å². The van der Waals surface area contributed by atoms with Crippen molar-refractivity contribution in [3.05, 3.63) is 33.9 Å². The number of hydrogen-bond donors (Lipinski definition) is 0. The Morgan fingerprint density at radius 3 is 2.90 bits per heavy atom. The highest BCUT2D eigenvalue weighted by Crippen LogP contribution is 2.34. The first-order valence-corrected chi connectivity index (χ1v) is 7.40. The normalized spacial score (nSPS) is 23.4. The van der Waals surface area contributed by atoms with Gasteiger partial charge in [0.2, 0.25) is 0 Å². The van der Waals surface area contributed by atoms with Crippen LogP contribution in [0.3, 0.4) is 0 Å². The van der Waals surface area contributed by atoms with Crippen LogP contribution in [0.4, 0.5) is 11.4 Å². The summed E-state index contributed by atoms with van der Waals surface area (Å²) in [7, 11) is 0. The predicted molar refractivity (Wildman–Crippen MR) is 79.3 cm³/mol. The molecule has 2 aliphatic heterocycles. The van der Waals surface area contributed by atoms with Gasteiger partial charge in [0.05, 0.1) is 4.92 Å². The number of piperidine rings is 1. The number of hydrogen-bond acceptors (Lipinski definition) is 4.